The van der Waals surface area contributed by atoms with Crippen LogP contribution in [0.4, 0.5) is 4.39 Å². The van der Waals surface area contributed by atoms with E-state index in [0.29, 0.717) is 30.1 Å². The molecule has 30 heavy (non-hydrogen) atoms. The molecule has 2 amide bonds. The number of carbonyl (C=O) groups excluding carboxylic acids is 2. The van der Waals surface area contributed by atoms with Gasteiger partial charge in [-0.1, -0.05) is 18.7 Å². The van der Waals surface area contributed by atoms with Gasteiger partial charge < -0.3 is 31.2 Å². The number of hydrogen-bond acceptors (Lipinski definition) is 6. The molecule has 0 bridgehead atoms. The summed E-state index contributed by atoms with van der Waals surface area (Å²) in [7, 11) is 0. The third kappa shape index (κ3) is 9.31. The minimum Gasteiger partial charge on any atom is -0.488 e. The van der Waals surface area contributed by atoms with Gasteiger partial charge in [0, 0.05) is 25.6 Å². The van der Waals surface area contributed by atoms with E-state index in [4.69, 9.17) is 15.2 Å². The fourth-order valence-corrected chi connectivity index (χ4v) is 2.26. The number of allylic oxidation sites excluding steroid dienone is 1. The number of nitrogens with one attached hydrogen (secondary N) is 3. The molecule has 1 aliphatic rings. The lowest BCUT2D eigenvalue weighted by Crippen LogP contribution is -2.34. The second kappa shape index (κ2) is 11.7. The molecule has 0 aromatic carbocycles. The van der Waals surface area contributed by atoms with Crippen LogP contribution in [-0.4, -0.2) is 43.8 Å². The largest absolute Gasteiger partial charge is 0.488 e. The van der Waals surface area contributed by atoms with Crippen molar-refractivity contribution >= 4 is 11.8 Å². The van der Waals surface area contributed by atoms with Crippen LogP contribution < -0.4 is 21.7 Å². The number of carbonyl (C=O) groups is 2. The first-order valence-electron chi connectivity index (χ1n) is 9.54. The minimum atomic E-state index is -1.55. The Hall–Kier alpha value is -3.23. The highest BCUT2D eigenvalue weighted by molar-refractivity contribution is 5.96. The van der Waals surface area contributed by atoms with Crippen molar-refractivity contribution in [2.75, 3.05) is 26.3 Å². The standard InChI is InChI=1S/C21H31FN4O4/c1-6-15(10-17(29-7-2)19(23)30-13-21(4,5)22)12-25-20(28)16-8-9-24-18(11-16)26-14(3)27/h6,8,10-11,24H,1,7,9,12-13,23H2,2-5H3,(H,25,28)(H,26,27)/b15-10+,19-17-. The summed E-state index contributed by atoms with van der Waals surface area (Å²) in [6.07, 6.45) is 6.37. The summed E-state index contributed by atoms with van der Waals surface area (Å²) in [6.45, 7) is 10.3. The molecule has 0 fully saturated rings. The van der Waals surface area contributed by atoms with Crippen molar-refractivity contribution in [1.29, 1.82) is 0 Å². The highest BCUT2D eigenvalue weighted by atomic mass is 19.1. The van der Waals surface area contributed by atoms with Gasteiger partial charge in [-0.05, 0) is 38.5 Å². The van der Waals surface area contributed by atoms with Crippen molar-refractivity contribution in [1.82, 2.24) is 16.0 Å². The summed E-state index contributed by atoms with van der Waals surface area (Å²) in [4.78, 5) is 23.6. The maximum absolute atomic E-state index is 13.7. The second-order valence-corrected chi connectivity index (χ2v) is 7.05. The molecule has 9 heteroatoms. The predicted molar refractivity (Wildman–Crippen MR) is 113 cm³/mol. The number of amides is 2. The molecule has 1 aliphatic heterocycles. The van der Waals surface area contributed by atoms with Crippen LogP contribution in [0.1, 0.15) is 27.7 Å². The smallest absolute Gasteiger partial charge is 0.251 e. The van der Waals surface area contributed by atoms with E-state index in [9.17, 15) is 14.0 Å². The first kappa shape index (κ1) is 24.8. The second-order valence-electron chi connectivity index (χ2n) is 7.05. The number of hydrogen-bond donors (Lipinski definition) is 4. The molecule has 0 atom stereocenters. The monoisotopic (exact) mass is 422 g/mol. The molecule has 166 valence electrons. The zero-order chi connectivity index (χ0) is 22.7. The van der Waals surface area contributed by atoms with Crippen LogP contribution in [0.3, 0.4) is 0 Å². The Balaban J connectivity index is 2.85. The van der Waals surface area contributed by atoms with E-state index in [0.717, 1.165) is 0 Å². The van der Waals surface area contributed by atoms with E-state index in [-0.39, 0.29) is 36.6 Å². The molecule has 0 saturated carbocycles. The van der Waals surface area contributed by atoms with E-state index < -0.39 is 5.67 Å². The zero-order valence-electron chi connectivity index (χ0n) is 17.9. The Morgan fingerprint density at radius 2 is 2.10 bits per heavy atom. The van der Waals surface area contributed by atoms with E-state index >= 15 is 0 Å². The van der Waals surface area contributed by atoms with Crippen molar-refractivity contribution < 1.29 is 23.5 Å². The van der Waals surface area contributed by atoms with Gasteiger partial charge in [0.2, 0.25) is 11.8 Å². The molecule has 8 nitrogen and oxygen atoms in total. The maximum atomic E-state index is 13.7. The third-order valence-corrected chi connectivity index (χ3v) is 3.63. The number of dihydropyridines is 1. The first-order valence-corrected chi connectivity index (χ1v) is 9.54. The Labute approximate surface area is 176 Å². The first-order chi connectivity index (χ1) is 14.1. The van der Waals surface area contributed by atoms with Gasteiger partial charge in [-0.3, -0.25) is 9.59 Å². The molecule has 1 heterocycles. The Kier molecular flexibility index (Phi) is 9.67. The molecule has 0 aromatic rings. The third-order valence-electron chi connectivity index (χ3n) is 3.63. The van der Waals surface area contributed by atoms with Crippen molar-refractivity contribution in [3.05, 3.63) is 59.5 Å². The molecule has 0 aromatic heterocycles. The summed E-state index contributed by atoms with van der Waals surface area (Å²) in [6, 6.07) is 0. The van der Waals surface area contributed by atoms with Crippen LogP contribution in [0.25, 0.3) is 0 Å². The quantitative estimate of drug-likeness (QED) is 0.297. The highest BCUT2D eigenvalue weighted by Gasteiger charge is 2.18. The average Bonchev–Trinajstić information content (AvgIpc) is 2.67. The predicted octanol–water partition coefficient (Wildman–Crippen LogP) is 1.65. The van der Waals surface area contributed by atoms with Crippen molar-refractivity contribution in [2.24, 2.45) is 5.73 Å². The number of alkyl halides is 1. The van der Waals surface area contributed by atoms with Crippen LogP contribution >= 0.6 is 0 Å². The molecule has 0 aliphatic carbocycles. The SMILES string of the molecule is C=C/C(=C\C(OCC)=C(/N)OCC(C)(C)F)CNC(=O)C1=CCNC(NC(C)=O)=C1. The Morgan fingerprint density at radius 3 is 2.67 bits per heavy atom. The van der Waals surface area contributed by atoms with Crippen molar-refractivity contribution in [3.8, 4) is 0 Å². The van der Waals surface area contributed by atoms with Crippen LogP contribution in [0, 0.1) is 0 Å². The number of nitrogens with two attached hydrogens (primary N) is 1. The van der Waals surface area contributed by atoms with Gasteiger partial charge in [0.1, 0.15) is 18.1 Å². The van der Waals surface area contributed by atoms with Crippen LogP contribution in [0.2, 0.25) is 0 Å². The number of rotatable bonds is 11. The lowest BCUT2D eigenvalue weighted by atomic mass is 10.1. The average molecular weight is 423 g/mol. The van der Waals surface area contributed by atoms with E-state index in [1.165, 1.54) is 20.8 Å². The van der Waals surface area contributed by atoms with Gasteiger partial charge in [0.15, 0.2) is 5.76 Å². The van der Waals surface area contributed by atoms with E-state index in [1.807, 2.05) is 0 Å². The van der Waals surface area contributed by atoms with E-state index in [2.05, 4.69) is 22.5 Å². The number of ether oxygens (including phenoxy) is 2. The zero-order valence-corrected chi connectivity index (χ0v) is 17.9. The maximum Gasteiger partial charge on any atom is 0.251 e. The Bertz CT molecular complexity index is 776. The van der Waals surface area contributed by atoms with Crippen molar-refractivity contribution in [2.45, 2.75) is 33.4 Å². The van der Waals surface area contributed by atoms with Crippen molar-refractivity contribution in [3.63, 3.8) is 0 Å². The Morgan fingerprint density at radius 1 is 1.40 bits per heavy atom. The topological polar surface area (TPSA) is 115 Å². The molecule has 0 unspecified atom stereocenters. The minimum absolute atomic E-state index is 0.0582. The normalized spacial score (nSPS) is 15.0. The summed E-state index contributed by atoms with van der Waals surface area (Å²) < 4.78 is 24.4. The van der Waals surface area contributed by atoms with Crippen LogP contribution in [-0.2, 0) is 19.1 Å². The highest BCUT2D eigenvalue weighted by Crippen LogP contribution is 2.14. The molecule has 0 spiro atoms. The van der Waals surface area contributed by atoms with E-state index in [1.54, 1.807) is 31.2 Å². The van der Waals surface area contributed by atoms with Crippen LogP contribution in [0.15, 0.2) is 59.5 Å². The van der Waals surface area contributed by atoms with Gasteiger partial charge in [-0.25, -0.2) is 4.39 Å². The van der Waals surface area contributed by atoms with Gasteiger partial charge in [0.05, 0.1) is 6.61 Å². The lowest BCUT2D eigenvalue weighted by molar-refractivity contribution is -0.119. The van der Waals surface area contributed by atoms with Gasteiger partial charge >= 0.3 is 0 Å². The fourth-order valence-electron chi connectivity index (χ4n) is 2.26. The lowest BCUT2D eigenvalue weighted by Gasteiger charge is -2.17. The summed E-state index contributed by atoms with van der Waals surface area (Å²) in [5.74, 6) is 0.0600. The molecular formula is C21H31FN4O4. The molecule has 0 radical (unpaired) electrons. The molecule has 1 rings (SSSR count). The molecular weight excluding hydrogens is 391 g/mol. The number of halogens is 1. The van der Waals surface area contributed by atoms with Gasteiger partial charge in [-0.15, -0.1) is 0 Å². The van der Waals surface area contributed by atoms with Crippen LogP contribution in [0.5, 0.6) is 0 Å². The fraction of sp³-hybridized carbons (Fsp3) is 0.429. The summed E-state index contributed by atoms with van der Waals surface area (Å²) in [5.41, 5.74) is 5.36. The van der Waals surface area contributed by atoms with Gasteiger partial charge in [0.25, 0.3) is 5.91 Å². The van der Waals surface area contributed by atoms with Gasteiger partial charge in [-0.2, -0.15) is 0 Å². The summed E-state index contributed by atoms with van der Waals surface area (Å²) in [5, 5.41) is 8.33. The summed E-state index contributed by atoms with van der Waals surface area (Å²) >= 11 is 0. The molecule has 5 N–H and O–H groups in total. The molecule has 0 saturated heterocycles.